The fourth-order valence-corrected chi connectivity index (χ4v) is 2.32. The molecule has 3 aromatic carbocycles. The van der Waals surface area contributed by atoms with Crippen LogP contribution >= 0.6 is 0 Å². The molecule has 0 saturated carbocycles. The van der Waals surface area contributed by atoms with E-state index in [-0.39, 0.29) is 16.8 Å². The number of hydrogen-bond acceptors (Lipinski definition) is 2. The Bertz CT molecular complexity index is 904. The lowest BCUT2D eigenvalue weighted by atomic mass is 10.0. The highest BCUT2D eigenvalue weighted by atomic mass is 19.1. The highest BCUT2D eigenvalue weighted by molar-refractivity contribution is 6.09. The number of halogens is 1. The molecule has 0 heterocycles. The van der Waals surface area contributed by atoms with E-state index in [2.05, 4.69) is 5.32 Å². The van der Waals surface area contributed by atoms with Gasteiger partial charge in [-0.05, 0) is 47.2 Å². The zero-order chi connectivity index (χ0) is 16.4. The second-order valence-electron chi connectivity index (χ2n) is 5.01. The van der Waals surface area contributed by atoms with Gasteiger partial charge in [-0.25, -0.2) is 9.18 Å². The number of amides is 1. The van der Waals surface area contributed by atoms with Gasteiger partial charge >= 0.3 is 5.97 Å². The van der Waals surface area contributed by atoms with Gasteiger partial charge in [0.05, 0.1) is 11.3 Å². The van der Waals surface area contributed by atoms with Crippen LogP contribution in [0.2, 0.25) is 0 Å². The fraction of sp³-hybridized carbons (Fsp3) is 0. The maximum absolute atomic E-state index is 12.9. The van der Waals surface area contributed by atoms with E-state index in [0.717, 1.165) is 10.8 Å². The first-order chi connectivity index (χ1) is 11.0. The highest BCUT2D eigenvalue weighted by Gasteiger charge is 2.15. The van der Waals surface area contributed by atoms with Gasteiger partial charge in [-0.15, -0.1) is 0 Å². The molecule has 0 saturated heterocycles. The smallest absolute Gasteiger partial charge is 0.337 e. The van der Waals surface area contributed by atoms with Gasteiger partial charge in [-0.3, -0.25) is 4.79 Å². The molecule has 4 nitrogen and oxygen atoms in total. The zero-order valence-corrected chi connectivity index (χ0v) is 11.9. The number of anilines is 1. The van der Waals surface area contributed by atoms with Crippen LogP contribution in [-0.4, -0.2) is 17.0 Å². The average Bonchev–Trinajstić information content (AvgIpc) is 2.54. The van der Waals surface area contributed by atoms with E-state index in [4.69, 9.17) is 0 Å². The molecule has 1 amide bonds. The van der Waals surface area contributed by atoms with Crippen molar-refractivity contribution in [1.29, 1.82) is 0 Å². The molecule has 0 aliphatic carbocycles. The molecule has 3 aromatic rings. The lowest BCUT2D eigenvalue weighted by Gasteiger charge is -2.10. The average molecular weight is 309 g/mol. The molecule has 0 aliphatic rings. The van der Waals surface area contributed by atoms with Gasteiger partial charge in [0.15, 0.2) is 0 Å². The third kappa shape index (κ3) is 3.03. The molecule has 0 aromatic heterocycles. The number of aromatic carboxylic acids is 1. The number of hydrogen-bond donors (Lipinski definition) is 2. The molecule has 0 unspecified atom stereocenters. The van der Waals surface area contributed by atoms with Crippen molar-refractivity contribution in [2.45, 2.75) is 0 Å². The SMILES string of the molecule is O=C(Nc1cc2ccccc2cc1C(=O)O)c1ccc(F)cc1. The normalized spacial score (nSPS) is 10.5. The van der Waals surface area contributed by atoms with Crippen molar-refractivity contribution in [2.24, 2.45) is 0 Å². The van der Waals surface area contributed by atoms with Crippen LogP contribution in [0.3, 0.4) is 0 Å². The number of nitrogens with one attached hydrogen (secondary N) is 1. The van der Waals surface area contributed by atoms with Gasteiger partial charge in [-0.1, -0.05) is 24.3 Å². The summed E-state index contributed by atoms with van der Waals surface area (Å²) < 4.78 is 12.9. The summed E-state index contributed by atoms with van der Waals surface area (Å²) in [7, 11) is 0. The Kier molecular flexibility index (Phi) is 3.76. The summed E-state index contributed by atoms with van der Waals surface area (Å²) in [6, 6.07) is 15.4. The molecule has 0 aliphatic heterocycles. The minimum Gasteiger partial charge on any atom is -0.478 e. The van der Waals surface area contributed by atoms with Crippen LogP contribution in [0.25, 0.3) is 10.8 Å². The Morgan fingerprint density at radius 1 is 0.913 bits per heavy atom. The number of carbonyl (C=O) groups is 2. The summed E-state index contributed by atoms with van der Waals surface area (Å²) in [6.45, 7) is 0. The van der Waals surface area contributed by atoms with Crippen LogP contribution in [0.4, 0.5) is 10.1 Å². The lowest BCUT2D eigenvalue weighted by Crippen LogP contribution is -2.14. The molecular formula is C18H12FNO3. The quantitative estimate of drug-likeness (QED) is 0.770. The summed E-state index contributed by atoms with van der Waals surface area (Å²) in [5.74, 6) is -2.08. The van der Waals surface area contributed by atoms with E-state index in [9.17, 15) is 19.1 Å². The van der Waals surface area contributed by atoms with Crippen LogP contribution in [0.1, 0.15) is 20.7 Å². The second kappa shape index (κ2) is 5.88. The fourth-order valence-electron chi connectivity index (χ4n) is 2.32. The van der Waals surface area contributed by atoms with Gasteiger partial charge in [0.25, 0.3) is 5.91 Å². The summed E-state index contributed by atoms with van der Waals surface area (Å²) in [5.41, 5.74) is 0.445. The predicted molar refractivity (Wildman–Crippen MR) is 85.3 cm³/mol. The molecule has 0 fully saturated rings. The molecule has 23 heavy (non-hydrogen) atoms. The minimum absolute atomic E-state index is 0.000776. The maximum atomic E-state index is 12.9. The Labute approximate surface area is 131 Å². The van der Waals surface area contributed by atoms with Crippen molar-refractivity contribution in [1.82, 2.24) is 0 Å². The zero-order valence-electron chi connectivity index (χ0n) is 11.9. The van der Waals surface area contributed by atoms with E-state index in [0.29, 0.717) is 0 Å². The topological polar surface area (TPSA) is 66.4 Å². The Balaban J connectivity index is 2.01. The summed E-state index contributed by atoms with van der Waals surface area (Å²) in [5, 5.41) is 13.5. The predicted octanol–water partition coefficient (Wildman–Crippen LogP) is 3.93. The van der Waals surface area contributed by atoms with Crippen molar-refractivity contribution in [3.05, 3.63) is 77.6 Å². The maximum Gasteiger partial charge on any atom is 0.337 e. The van der Waals surface area contributed by atoms with Crippen molar-refractivity contribution in [2.75, 3.05) is 5.32 Å². The third-order valence-corrected chi connectivity index (χ3v) is 3.47. The van der Waals surface area contributed by atoms with Crippen LogP contribution in [-0.2, 0) is 0 Å². The molecule has 5 heteroatoms. The van der Waals surface area contributed by atoms with E-state index in [1.54, 1.807) is 12.1 Å². The number of carboxylic acids is 1. The van der Waals surface area contributed by atoms with Crippen LogP contribution in [0.5, 0.6) is 0 Å². The van der Waals surface area contributed by atoms with Gasteiger partial charge in [0.2, 0.25) is 0 Å². The van der Waals surface area contributed by atoms with E-state index >= 15 is 0 Å². The first-order valence-electron chi connectivity index (χ1n) is 6.87. The Hall–Kier alpha value is -3.21. The van der Waals surface area contributed by atoms with Crippen molar-refractivity contribution >= 4 is 28.3 Å². The molecule has 114 valence electrons. The first-order valence-corrected chi connectivity index (χ1v) is 6.87. The Morgan fingerprint density at radius 3 is 2.13 bits per heavy atom. The van der Waals surface area contributed by atoms with E-state index in [1.165, 1.54) is 30.3 Å². The third-order valence-electron chi connectivity index (χ3n) is 3.47. The monoisotopic (exact) mass is 309 g/mol. The van der Waals surface area contributed by atoms with Gasteiger partial charge < -0.3 is 10.4 Å². The molecule has 3 rings (SSSR count). The standard InChI is InChI=1S/C18H12FNO3/c19-14-7-5-11(6-8-14)17(21)20-16-10-13-4-2-1-3-12(13)9-15(16)18(22)23/h1-10H,(H,20,21)(H,22,23). The molecular weight excluding hydrogens is 297 g/mol. The number of carbonyl (C=O) groups excluding carboxylic acids is 1. The van der Waals surface area contributed by atoms with Crippen molar-refractivity contribution < 1.29 is 19.1 Å². The Morgan fingerprint density at radius 2 is 1.52 bits per heavy atom. The lowest BCUT2D eigenvalue weighted by molar-refractivity contribution is 0.0698. The van der Waals surface area contributed by atoms with E-state index < -0.39 is 17.7 Å². The van der Waals surface area contributed by atoms with Crippen LogP contribution in [0.15, 0.2) is 60.7 Å². The molecule has 0 bridgehead atoms. The van der Waals surface area contributed by atoms with Gasteiger partial charge in [0, 0.05) is 5.56 Å². The van der Waals surface area contributed by atoms with Gasteiger partial charge in [-0.2, -0.15) is 0 Å². The highest BCUT2D eigenvalue weighted by Crippen LogP contribution is 2.25. The minimum atomic E-state index is -1.13. The summed E-state index contributed by atoms with van der Waals surface area (Å²) in [6.07, 6.45) is 0. The summed E-state index contributed by atoms with van der Waals surface area (Å²) in [4.78, 5) is 23.6. The molecule has 0 atom stereocenters. The number of rotatable bonds is 3. The second-order valence-corrected chi connectivity index (χ2v) is 5.01. The van der Waals surface area contributed by atoms with Crippen molar-refractivity contribution in [3.63, 3.8) is 0 Å². The number of fused-ring (bicyclic) bond motifs is 1. The molecule has 0 radical (unpaired) electrons. The van der Waals surface area contributed by atoms with Crippen LogP contribution in [0, 0.1) is 5.82 Å². The van der Waals surface area contributed by atoms with Crippen LogP contribution < -0.4 is 5.32 Å². The largest absolute Gasteiger partial charge is 0.478 e. The van der Waals surface area contributed by atoms with Crippen molar-refractivity contribution in [3.8, 4) is 0 Å². The number of carboxylic acid groups (broad SMARTS) is 1. The first kappa shape index (κ1) is 14.7. The van der Waals surface area contributed by atoms with Gasteiger partial charge in [0.1, 0.15) is 5.82 Å². The number of benzene rings is 3. The summed E-state index contributed by atoms with van der Waals surface area (Å²) >= 11 is 0. The molecule has 2 N–H and O–H groups in total. The molecule has 0 spiro atoms. The van der Waals surface area contributed by atoms with E-state index in [1.807, 2.05) is 18.2 Å².